The average Bonchev–Trinajstić information content (AvgIpc) is 2.90. The fraction of sp³-hybridized carbons (Fsp3) is 0.571. The van der Waals surface area contributed by atoms with Gasteiger partial charge in [-0.05, 0) is 43.4 Å². The number of methoxy groups -OCH3 is 1. The molecule has 0 radical (unpaired) electrons. The van der Waals surface area contributed by atoms with E-state index in [1.54, 1.807) is 7.11 Å². The van der Waals surface area contributed by atoms with Gasteiger partial charge in [-0.15, -0.1) is 0 Å². The first-order valence-electron chi connectivity index (χ1n) is 6.22. The molecular weight excluding hydrogens is 216 g/mol. The van der Waals surface area contributed by atoms with Crippen LogP contribution in [-0.4, -0.2) is 31.0 Å². The van der Waals surface area contributed by atoms with Crippen LogP contribution in [0.4, 0.5) is 0 Å². The van der Waals surface area contributed by atoms with E-state index in [4.69, 9.17) is 9.47 Å². The molecule has 94 valence electrons. The normalized spacial score (nSPS) is 21.4. The van der Waals surface area contributed by atoms with E-state index in [1.165, 1.54) is 5.56 Å². The van der Waals surface area contributed by atoms with Crippen LogP contribution in [0.3, 0.4) is 0 Å². The molecule has 2 rings (SSSR count). The Bertz CT molecular complexity index is 328. The van der Waals surface area contributed by atoms with Crippen LogP contribution in [0.25, 0.3) is 0 Å². The standard InChI is InChI=1S/C14H20O3/c1-16-12-7-4-11(5-8-12)6-9-13(15)14-3-2-10-17-14/h4-5,7-8,13-15H,2-3,6,9-10H2,1H3. The van der Waals surface area contributed by atoms with Gasteiger partial charge in [-0.1, -0.05) is 12.1 Å². The molecule has 0 aromatic heterocycles. The van der Waals surface area contributed by atoms with E-state index >= 15 is 0 Å². The molecule has 1 aliphatic heterocycles. The van der Waals surface area contributed by atoms with Crippen molar-refractivity contribution in [2.75, 3.05) is 13.7 Å². The minimum atomic E-state index is -0.334. The first-order valence-corrected chi connectivity index (χ1v) is 6.22. The Morgan fingerprint density at radius 1 is 1.41 bits per heavy atom. The third kappa shape index (κ3) is 3.45. The Morgan fingerprint density at radius 2 is 2.18 bits per heavy atom. The average molecular weight is 236 g/mol. The lowest BCUT2D eigenvalue weighted by atomic mass is 10.0. The zero-order chi connectivity index (χ0) is 12.1. The van der Waals surface area contributed by atoms with Gasteiger partial charge < -0.3 is 14.6 Å². The smallest absolute Gasteiger partial charge is 0.118 e. The van der Waals surface area contributed by atoms with Gasteiger partial charge >= 0.3 is 0 Å². The van der Waals surface area contributed by atoms with Crippen molar-refractivity contribution in [1.82, 2.24) is 0 Å². The number of aliphatic hydroxyl groups is 1. The topological polar surface area (TPSA) is 38.7 Å². The molecule has 1 heterocycles. The van der Waals surface area contributed by atoms with E-state index in [2.05, 4.69) is 0 Å². The molecule has 3 heteroatoms. The highest BCUT2D eigenvalue weighted by Crippen LogP contribution is 2.19. The van der Waals surface area contributed by atoms with Gasteiger partial charge in [-0.2, -0.15) is 0 Å². The monoisotopic (exact) mass is 236 g/mol. The molecule has 0 saturated carbocycles. The Labute approximate surface area is 102 Å². The molecule has 2 unspecified atom stereocenters. The molecule has 1 N–H and O–H groups in total. The minimum absolute atomic E-state index is 0.0493. The largest absolute Gasteiger partial charge is 0.497 e. The third-order valence-corrected chi connectivity index (χ3v) is 3.28. The predicted molar refractivity (Wildman–Crippen MR) is 66.3 cm³/mol. The van der Waals surface area contributed by atoms with E-state index in [-0.39, 0.29) is 12.2 Å². The molecule has 1 aliphatic rings. The fourth-order valence-electron chi connectivity index (χ4n) is 2.20. The second-order valence-electron chi connectivity index (χ2n) is 4.51. The summed E-state index contributed by atoms with van der Waals surface area (Å²) in [5.41, 5.74) is 1.22. The minimum Gasteiger partial charge on any atom is -0.497 e. The van der Waals surface area contributed by atoms with E-state index in [0.717, 1.165) is 38.0 Å². The number of ether oxygens (including phenoxy) is 2. The van der Waals surface area contributed by atoms with E-state index in [0.29, 0.717) is 0 Å². The van der Waals surface area contributed by atoms with Gasteiger partial charge in [0.2, 0.25) is 0 Å². The molecule has 0 spiro atoms. The molecule has 1 fully saturated rings. The summed E-state index contributed by atoms with van der Waals surface area (Å²) in [6.07, 6.45) is 3.42. The molecule has 1 aromatic carbocycles. The molecule has 2 atom stereocenters. The van der Waals surface area contributed by atoms with Gasteiger partial charge in [0.1, 0.15) is 5.75 Å². The van der Waals surface area contributed by atoms with Crippen molar-refractivity contribution in [2.45, 2.75) is 37.9 Å². The second-order valence-corrected chi connectivity index (χ2v) is 4.51. The van der Waals surface area contributed by atoms with Crippen molar-refractivity contribution in [3.8, 4) is 5.75 Å². The van der Waals surface area contributed by atoms with Crippen LogP contribution in [0.5, 0.6) is 5.75 Å². The summed E-state index contributed by atoms with van der Waals surface area (Å²) in [6.45, 7) is 0.796. The maximum absolute atomic E-state index is 9.96. The van der Waals surface area contributed by atoms with Crippen LogP contribution in [0.2, 0.25) is 0 Å². The van der Waals surface area contributed by atoms with Crippen LogP contribution >= 0.6 is 0 Å². The number of hydrogen-bond donors (Lipinski definition) is 1. The Morgan fingerprint density at radius 3 is 2.76 bits per heavy atom. The zero-order valence-electron chi connectivity index (χ0n) is 10.3. The van der Waals surface area contributed by atoms with Crippen molar-refractivity contribution >= 4 is 0 Å². The first-order chi connectivity index (χ1) is 8.29. The lowest BCUT2D eigenvalue weighted by Gasteiger charge is -2.17. The Kier molecular flexibility index (Phi) is 4.40. The van der Waals surface area contributed by atoms with Crippen molar-refractivity contribution in [3.05, 3.63) is 29.8 Å². The van der Waals surface area contributed by atoms with E-state index < -0.39 is 0 Å². The molecule has 0 aliphatic carbocycles. The van der Waals surface area contributed by atoms with Gasteiger partial charge in [0.15, 0.2) is 0 Å². The molecule has 1 saturated heterocycles. The maximum atomic E-state index is 9.96. The number of aryl methyl sites for hydroxylation is 1. The van der Waals surface area contributed by atoms with Crippen LogP contribution < -0.4 is 4.74 Å². The Hall–Kier alpha value is -1.06. The first kappa shape index (κ1) is 12.4. The quantitative estimate of drug-likeness (QED) is 0.851. The SMILES string of the molecule is COc1ccc(CCC(O)C2CCCO2)cc1. The number of benzene rings is 1. The highest BCUT2D eigenvalue weighted by atomic mass is 16.5. The van der Waals surface area contributed by atoms with Crippen molar-refractivity contribution in [3.63, 3.8) is 0 Å². The van der Waals surface area contributed by atoms with E-state index in [1.807, 2.05) is 24.3 Å². The highest BCUT2D eigenvalue weighted by molar-refractivity contribution is 5.27. The molecular formula is C14H20O3. The highest BCUT2D eigenvalue weighted by Gasteiger charge is 2.23. The molecule has 3 nitrogen and oxygen atoms in total. The Balaban J connectivity index is 1.80. The lowest BCUT2D eigenvalue weighted by molar-refractivity contribution is -0.00501. The number of aliphatic hydroxyl groups excluding tert-OH is 1. The summed E-state index contributed by atoms with van der Waals surface area (Å²) in [6, 6.07) is 7.99. The maximum Gasteiger partial charge on any atom is 0.118 e. The van der Waals surface area contributed by atoms with Gasteiger partial charge in [0, 0.05) is 6.61 Å². The summed E-state index contributed by atoms with van der Waals surface area (Å²) in [7, 11) is 1.66. The van der Waals surface area contributed by atoms with Gasteiger partial charge in [0.25, 0.3) is 0 Å². The summed E-state index contributed by atoms with van der Waals surface area (Å²) < 4.78 is 10.6. The third-order valence-electron chi connectivity index (χ3n) is 3.28. The van der Waals surface area contributed by atoms with Gasteiger partial charge in [-0.25, -0.2) is 0 Å². The molecule has 0 amide bonds. The van der Waals surface area contributed by atoms with Gasteiger partial charge in [0.05, 0.1) is 19.3 Å². The number of rotatable bonds is 5. The van der Waals surface area contributed by atoms with Crippen LogP contribution in [0, 0.1) is 0 Å². The summed E-state index contributed by atoms with van der Waals surface area (Å²) in [4.78, 5) is 0. The zero-order valence-corrected chi connectivity index (χ0v) is 10.3. The summed E-state index contributed by atoms with van der Waals surface area (Å²) in [5, 5.41) is 9.96. The predicted octanol–water partition coefficient (Wildman–Crippen LogP) is 2.17. The number of hydrogen-bond acceptors (Lipinski definition) is 3. The van der Waals surface area contributed by atoms with Crippen molar-refractivity contribution in [2.24, 2.45) is 0 Å². The summed E-state index contributed by atoms with van der Waals surface area (Å²) >= 11 is 0. The van der Waals surface area contributed by atoms with Gasteiger partial charge in [-0.3, -0.25) is 0 Å². The molecule has 17 heavy (non-hydrogen) atoms. The summed E-state index contributed by atoms with van der Waals surface area (Å²) in [5.74, 6) is 0.869. The second kappa shape index (κ2) is 6.03. The lowest BCUT2D eigenvalue weighted by Crippen LogP contribution is -2.25. The van der Waals surface area contributed by atoms with E-state index in [9.17, 15) is 5.11 Å². The fourth-order valence-corrected chi connectivity index (χ4v) is 2.20. The van der Waals surface area contributed by atoms with Crippen LogP contribution in [0.15, 0.2) is 24.3 Å². The molecule has 1 aromatic rings. The molecule has 0 bridgehead atoms. The van der Waals surface area contributed by atoms with Crippen molar-refractivity contribution < 1.29 is 14.6 Å². The van der Waals surface area contributed by atoms with Crippen molar-refractivity contribution in [1.29, 1.82) is 0 Å². The van der Waals surface area contributed by atoms with Crippen LogP contribution in [-0.2, 0) is 11.2 Å². The van der Waals surface area contributed by atoms with Crippen LogP contribution in [0.1, 0.15) is 24.8 Å².